The van der Waals surface area contributed by atoms with Crippen LogP contribution in [0, 0.1) is 17.8 Å². The molecule has 3 amide bonds. The van der Waals surface area contributed by atoms with Gasteiger partial charge in [-0.1, -0.05) is 48.2 Å². The number of fused-ring (bicyclic) bond motifs is 1. The van der Waals surface area contributed by atoms with E-state index in [9.17, 15) is 14.4 Å². The summed E-state index contributed by atoms with van der Waals surface area (Å²) in [5.41, 5.74) is 4.96. The Kier molecular flexibility index (Phi) is 5.28. The maximum atomic E-state index is 13.1. The topological polar surface area (TPSA) is 66.5 Å². The fraction of sp³-hybridized carbons (Fsp3) is 0.500. The zero-order valence-corrected chi connectivity index (χ0v) is 16.7. The molecule has 1 saturated carbocycles. The zero-order valence-electron chi connectivity index (χ0n) is 16.0. The molecule has 1 heterocycles. The van der Waals surface area contributed by atoms with E-state index in [0.29, 0.717) is 11.4 Å². The Hall–Kier alpha value is -2.14. The molecule has 4 rings (SSSR count). The fourth-order valence-electron chi connectivity index (χ4n) is 4.88. The maximum Gasteiger partial charge on any atom is 0.252 e. The summed E-state index contributed by atoms with van der Waals surface area (Å²) < 4.78 is 0. The minimum atomic E-state index is -0.326. The molecule has 3 aliphatic rings. The van der Waals surface area contributed by atoms with Gasteiger partial charge in [0.25, 0.3) is 11.8 Å². The molecule has 1 aromatic rings. The molecule has 6 heteroatoms. The number of hydrazine groups is 1. The number of hydrogen-bond acceptors (Lipinski definition) is 3. The summed E-state index contributed by atoms with van der Waals surface area (Å²) in [5.74, 6) is -1.60. The van der Waals surface area contributed by atoms with Gasteiger partial charge >= 0.3 is 0 Å². The van der Waals surface area contributed by atoms with Gasteiger partial charge in [-0.05, 0) is 56.2 Å². The predicted octanol–water partition coefficient (Wildman–Crippen LogP) is 3.99. The van der Waals surface area contributed by atoms with Gasteiger partial charge in [-0.3, -0.25) is 19.8 Å². The van der Waals surface area contributed by atoms with E-state index in [1.54, 1.807) is 0 Å². The molecule has 2 aliphatic carbocycles. The van der Waals surface area contributed by atoms with Crippen LogP contribution in [0.2, 0.25) is 5.02 Å². The number of benzene rings is 1. The molecule has 1 aliphatic heterocycles. The number of nitrogens with one attached hydrogen (secondary N) is 1. The van der Waals surface area contributed by atoms with E-state index in [-0.39, 0.29) is 41.4 Å². The second kappa shape index (κ2) is 7.70. The van der Waals surface area contributed by atoms with Crippen molar-refractivity contribution in [2.24, 2.45) is 17.8 Å². The van der Waals surface area contributed by atoms with E-state index in [0.717, 1.165) is 42.7 Å². The van der Waals surface area contributed by atoms with E-state index in [4.69, 9.17) is 11.6 Å². The second-order valence-electron chi connectivity index (χ2n) is 8.24. The first-order valence-electron chi connectivity index (χ1n) is 10.0. The third-order valence-electron chi connectivity index (χ3n) is 6.45. The van der Waals surface area contributed by atoms with Gasteiger partial charge in [0, 0.05) is 5.02 Å². The summed E-state index contributed by atoms with van der Waals surface area (Å²) in [6.45, 7) is 2.06. The SMILES string of the molecule is CC1=CCC(C(=O)NN2C(=O)C3CCCCC3C2=O)C(c2ccc(Cl)cc2)C1. The Morgan fingerprint density at radius 2 is 1.64 bits per heavy atom. The molecule has 5 nitrogen and oxygen atoms in total. The normalized spacial score (nSPS) is 30.1. The third-order valence-corrected chi connectivity index (χ3v) is 6.70. The molecule has 0 radical (unpaired) electrons. The minimum Gasteiger partial charge on any atom is -0.273 e. The summed E-state index contributed by atoms with van der Waals surface area (Å²) in [6, 6.07) is 7.56. The van der Waals surface area contributed by atoms with Crippen molar-refractivity contribution in [3.05, 3.63) is 46.5 Å². The molecule has 28 heavy (non-hydrogen) atoms. The molecular weight excluding hydrogens is 376 g/mol. The van der Waals surface area contributed by atoms with Gasteiger partial charge in [0.05, 0.1) is 17.8 Å². The van der Waals surface area contributed by atoms with Crippen LogP contribution in [-0.2, 0) is 14.4 Å². The first-order chi connectivity index (χ1) is 13.5. The summed E-state index contributed by atoms with van der Waals surface area (Å²) in [7, 11) is 0. The number of rotatable bonds is 3. The van der Waals surface area contributed by atoms with E-state index in [1.807, 2.05) is 24.3 Å². The van der Waals surface area contributed by atoms with Crippen LogP contribution >= 0.6 is 11.6 Å². The average molecular weight is 401 g/mol. The molecule has 0 bridgehead atoms. The largest absolute Gasteiger partial charge is 0.273 e. The zero-order chi connectivity index (χ0) is 19.8. The lowest BCUT2D eigenvalue weighted by Gasteiger charge is -2.31. The van der Waals surface area contributed by atoms with Crippen molar-refractivity contribution in [2.75, 3.05) is 0 Å². The molecule has 2 fully saturated rings. The monoisotopic (exact) mass is 400 g/mol. The molecule has 4 atom stereocenters. The standard InChI is InChI=1S/C22H25ClN2O3/c1-13-6-11-16(19(12-13)14-7-9-15(23)10-8-14)20(26)24-25-21(27)17-4-2-3-5-18(17)22(25)28/h6-10,16-19H,2-5,11-12H2,1H3,(H,24,26). The average Bonchev–Trinajstić information content (AvgIpc) is 2.93. The highest BCUT2D eigenvalue weighted by molar-refractivity contribution is 6.30. The smallest absolute Gasteiger partial charge is 0.252 e. The van der Waals surface area contributed by atoms with Crippen LogP contribution in [0.3, 0.4) is 0 Å². The van der Waals surface area contributed by atoms with Gasteiger partial charge in [0.1, 0.15) is 0 Å². The van der Waals surface area contributed by atoms with Crippen LogP contribution < -0.4 is 5.43 Å². The number of allylic oxidation sites excluding steroid dienone is 2. The summed E-state index contributed by atoms with van der Waals surface area (Å²) in [4.78, 5) is 38.4. The Bertz CT molecular complexity index is 809. The lowest BCUT2D eigenvalue weighted by atomic mass is 9.75. The number of carbonyl (C=O) groups is 3. The number of amides is 3. The summed E-state index contributed by atoms with van der Waals surface area (Å²) in [6.07, 6.45) is 6.84. The Balaban J connectivity index is 1.53. The molecule has 0 aromatic heterocycles. The number of nitrogens with zero attached hydrogens (tertiary/aromatic N) is 1. The van der Waals surface area contributed by atoms with Crippen LogP contribution in [0.1, 0.15) is 56.9 Å². The van der Waals surface area contributed by atoms with Crippen LogP contribution in [-0.4, -0.2) is 22.7 Å². The van der Waals surface area contributed by atoms with Gasteiger partial charge in [-0.2, -0.15) is 5.01 Å². The Labute approximate surface area is 170 Å². The number of imide groups is 1. The van der Waals surface area contributed by atoms with Crippen molar-refractivity contribution in [1.82, 2.24) is 10.4 Å². The van der Waals surface area contributed by atoms with E-state index >= 15 is 0 Å². The Morgan fingerprint density at radius 3 is 2.25 bits per heavy atom. The predicted molar refractivity (Wildman–Crippen MR) is 106 cm³/mol. The van der Waals surface area contributed by atoms with Crippen molar-refractivity contribution in [1.29, 1.82) is 0 Å². The third kappa shape index (κ3) is 3.48. The van der Waals surface area contributed by atoms with Gasteiger partial charge < -0.3 is 0 Å². The number of halogens is 1. The molecular formula is C22H25ClN2O3. The molecule has 1 saturated heterocycles. The number of hydrogen-bond donors (Lipinski definition) is 1. The van der Waals surface area contributed by atoms with Crippen LogP contribution in [0.5, 0.6) is 0 Å². The Morgan fingerprint density at radius 1 is 1.04 bits per heavy atom. The minimum absolute atomic E-state index is 0.00245. The summed E-state index contributed by atoms with van der Waals surface area (Å²) in [5, 5.41) is 1.66. The molecule has 4 unspecified atom stereocenters. The van der Waals surface area contributed by atoms with Crippen molar-refractivity contribution < 1.29 is 14.4 Å². The van der Waals surface area contributed by atoms with E-state index in [2.05, 4.69) is 18.4 Å². The van der Waals surface area contributed by atoms with E-state index < -0.39 is 0 Å². The van der Waals surface area contributed by atoms with Crippen molar-refractivity contribution >= 4 is 29.3 Å². The van der Waals surface area contributed by atoms with Crippen LogP contribution in [0.4, 0.5) is 0 Å². The van der Waals surface area contributed by atoms with Gasteiger partial charge in [-0.25, -0.2) is 0 Å². The highest BCUT2D eigenvalue weighted by Crippen LogP contribution is 2.40. The molecule has 1 N–H and O–H groups in total. The maximum absolute atomic E-state index is 13.1. The van der Waals surface area contributed by atoms with Crippen molar-refractivity contribution in [3.63, 3.8) is 0 Å². The van der Waals surface area contributed by atoms with Gasteiger partial charge in [0.15, 0.2) is 0 Å². The quantitative estimate of drug-likeness (QED) is 0.616. The highest BCUT2D eigenvalue weighted by Gasteiger charge is 2.49. The van der Waals surface area contributed by atoms with Gasteiger partial charge in [0.2, 0.25) is 5.91 Å². The van der Waals surface area contributed by atoms with Crippen molar-refractivity contribution in [3.8, 4) is 0 Å². The number of carbonyl (C=O) groups excluding carboxylic acids is 3. The first kappa shape index (κ1) is 19.2. The highest BCUT2D eigenvalue weighted by atomic mass is 35.5. The van der Waals surface area contributed by atoms with Gasteiger partial charge in [-0.15, -0.1) is 0 Å². The van der Waals surface area contributed by atoms with Crippen molar-refractivity contribution in [2.45, 2.75) is 51.4 Å². The fourth-order valence-corrected chi connectivity index (χ4v) is 5.01. The lowest BCUT2D eigenvalue weighted by molar-refractivity contribution is -0.150. The molecule has 0 spiro atoms. The molecule has 1 aromatic carbocycles. The lowest BCUT2D eigenvalue weighted by Crippen LogP contribution is -2.49. The molecule has 148 valence electrons. The first-order valence-corrected chi connectivity index (χ1v) is 10.4. The van der Waals surface area contributed by atoms with Crippen LogP contribution in [0.15, 0.2) is 35.9 Å². The van der Waals surface area contributed by atoms with Crippen LogP contribution in [0.25, 0.3) is 0 Å². The summed E-state index contributed by atoms with van der Waals surface area (Å²) >= 11 is 6.01. The van der Waals surface area contributed by atoms with E-state index in [1.165, 1.54) is 5.57 Å². The second-order valence-corrected chi connectivity index (χ2v) is 8.68.